The summed E-state index contributed by atoms with van der Waals surface area (Å²) in [7, 11) is -6.36. The van der Waals surface area contributed by atoms with Crippen LogP contribution in [0, 0.1) is 16.0 Å². The molecule has 0 spiro atoms. The fourth-order valence-electron chi connectivity index (χ4n) is 9.34. The van der Waals surface area contributed by atoms with Gasteiger partial charge in [0.25, 0.3) is 14.0 Å². The van der Waals surface area contributed by atoms with Crippen LogP contribution in [0.1, 0.15) is 83.4 Å². The molecular formula is C58H70N4O9SSi. The zero-order valence-electron chi connectivity index (χ0n) is 43.0. The molecule has 0 radical (unpaired) electrons. The van der Waals surface area contributed by atoms with Gasteiger partial charge in [-0.2, -0.15) is 4.31 Å². The minimum atomic E-state index is -4.36. The van der Waals surface area contributed by atoms with Gasteiger partial charge in [-0.15, -0.1) is 0 Å². The topological polar surface area (TPSA) is 166 Å². The van der Waals surface area contributed by atoms with E-state index in [1.54, 1.807) is 6.07 Å². The molecule has 6 aromatic carbocycles. The number of sulfonamides is 1. The van der Waals surface area contributed by atoms with Crippen LogP contribution >= 0.6 is 0 Å². The molecule has 1 unspecified atom stereocenters. The summed E-state index contributed by atoms with van der Waals surface area (Å²) in [6.45, 7) is 13.2. The number of alkyl carbamates (subject to hydrolysis) is 1. The normalized spacial score (nSPS) is 13.3. The van der Waals surface area contributed by atoms with Crippen LogP contribution in [0.3, 0.4) is 0 Å². The van der Waals surface area contributed by atoms with Crippen LogP contribution in [0.15, 0.2) is 175 Å². The van der Waals surface area contributed by atoms with Gasteiger partial charge in [0, 0.05) is 42.9 Å². The molecule has 0 aliphatic heterocycles. The Hall–Kier alpha value is -6.49. The van der Waals surface area contributed by atoms with Crippen molar-refractivity contribution in [3.05, 3.63) is 197 Å². The SMILES string of the molecule is COC(=O)N[C@H](C(=O)Nc1ccccc1CC[C@@H](CO[Si](c1ccccc1)(c1ccccc1)C(C)(C)C)N(CCC(C)OCCC(C)C)S(=O)(=O)c1ccc([N+](=O)[O-])cc1)C(c1ccccc1)c1ccccc1. The van der Waals surface area contributed by atoms with Crippen LogP contribution in [-0.4, -0.2) is 83.0 Å². The molecule has 0 aliphatic rings. The molecule has 0 bridgehead atoms. The van der Waals surface area contributed by atoms with Crippen LogP contribution in [0.4, 0.5) is 16.2 Å². The zero-order valence-corrected chi connectivity index (χ0v) is 44.8. The lowest BCUT2D eigenvalue weighted by atomic mass is 9.84. The van der Waals surface area contributed by atoms with Gasteiger partial charge in [0.1, 0.15) is 6.04 Å². The molecule has 386 valence electrons. The first-order valence-electron chi connectivity index (χ1n) is 24.9. The number of methoxy groups -OCH3 is 1. The molecule has 73 heavy (non-hydrogen) atoms. The fourth-order valence-corrected chi connectivity index (χ4v) is 15.6. The molecule has 2 N–H and O–H groups in total. The third kappa shape index (κ3) is 14.4. The smallest absolute Gasteiger partial charge is 0.407 e. The number of rotatable bonds is 25. The number of non-ortho nitro benzene ring substituents is 1. The molecule has 0 saturated heterocycles. The first-order chi connectivity index (χ1) is 35.0. The van der Waals surface area contributed by atoms with Crippen LogP contribution in [0.5, 0.6) is 0 Å². The average molecular weight is 1030 g/mol. The van der Waals surface area contributed by atoms with Crippen molar-refractivity contribution in [1.82, 2.24) is 9.62 Å². The maximum atomic E-state index is 15.3. The Morgan fingerprint density at radius 1 is 0.712 bits per heavy atom. The lowest BCUT2D eigenvalue weighted by Gasteiger charge is -2.44. The summed E-state index contributed by atoms with van der Waals surface area (Å²) in [6.07, 6.45) is 0.644. The Balaban J connectivity index is 1.44. The summed E-state index contributed by atoms with van der Waals surface area (Å²) < 4.78 is 50.9. The van der Waals surface area contributed by atoms with E-state index in [0.29, 0.717) is 24.6 Å². The summed E-state index contributed by atoms with van der Waals surface area (Å²) in [4.78, 5) is 38.9. The van der Waals surface area contributed by atoms with Crippen molar-refractivity contribution in [2.75, 3.05) is 32.2 Å². The third-order valence-electron chi connectivity index (χ3n) is 13.2. The molecule has 6 rings (SSSR count). The van der Waals surface area contributed by atoms with Crippen molar-refractivity contribution in [3.8, 4) is 0 Å². The number of nitrogens with zero attached hydrogens (tertiary/aromatic N) is 2. The van der Waals surface area contributed by atoms with E-state index in [1.165, 1.54) is 35.7 Å². The quantitative estimate of drug-likeness (QED) is 0.0322. The van der Waals surface area contributed by atoms with Crippen molar-refractivity contribution < 1.29 is 36.8 Å². The minimum absolute atomic E-state index is 0.0163. The van der Waals surface area contributed by atoms with E-state index >= 15 is 8.42 Å². The molecule has 0 heterocycles. The minimum Gasteiger partial charge on any atom is -0.453 e. The number of carbonyl (C=O) groups excluding carboxylic acids is 2. The lowest BCUT2D eigenvalue weighted by Crippen LogP contribution is -2.67. The molecule has 3 atom stereocenters. The van der Waals surface area contributed by atoms with Crippen LogP contribution in [0.25, 0.3) is 0 Å². The standard InChI is InChI=1S/C58H70N4O9SSi/c1-43(2)39-41-70-44(3)38-40-61(72(67,68)50-36-34-48(35-37-50)62(65)66)49(42-71-73(58(4,5)6,51-27-16-10-17-28-51)52-29-18-11-19-30-52)33-32-45-22-20-21-31-53(45)59-56(63)55(60-57(64)69-7)54(46-23-12-8-13-24-46)47-25-14-9-15-26-47/h8-31,34-37,43-44,49,54-55H,32-33,38-42H2,1-7H3,(H,59,63)(H,60,64)/t44?,49-,55-/m0/s1. The maximum absolute atomic E-state index is 15.3. The largest absolute Gasteiger partial charge is 0.453 e. The van der Waals surface area contributed by atoms with Gasteiger partial charge in [0.15, 0.2) is 0 Å². The highest BCUT2D eigenvalue weighted by Crippen LogP contribution is 2.38. The molecule has 0 aliphatic carbocycles. The van der Waals surface area contributed by atoms with Crippen molar-refractivity contribution in [1.29, 1.82) is 0 Å². The number of para-hydroxylation sites is 1. The molecule has 0 fully saturated rings. The highest BCUT2D eigenvalue weighted by molar-refractivity contribution is 7.89. The van der Waals surface area contributed by atoms with E-state index in [0.717, 1.165) is 33.5 Å². The average Bonchev–Trinajstić information content (AvgIpc) is 3.38. The predicted molar refractivity (Wildman–Crippen MR) is 291 cm³/mol. The van der Waals surface area contributed by atoms with Gasteiger partial charge >= 0.3 is 6.09 Å². The molecule has 15 heteroatoms. The van der Waals surface area contributed by atoms with Gasteiger partial charge in [-0.1, -0.05) is 174 Å². The molecule has 6 aromatic rings. The van der Waals surface area contributed by atoms with Gasteiger partial charge in [0.2, 0.25) is 15.9 Å². The Morgan fingerprint density at radius 3 is 1.74 bits per heavy atom. The Morgan fingerprint density at radius 2 is 1.23 bits per heavy atom. The Bertz CT molecular complexity index is 2720. The second-order valence-electron chi connectivity index (χ2n) is 19.7. The Kier molecular flexibility index (Phi) is 19.8. The summed E-state index contributed by atoms with van der Waals surface area (Å²) in [6, 6.07) is 49.6. The summed E-state index contributed by atoms with van der Waals surface area (Å²) in [5.74, 6) is -0.673. The number of benzene rings is 6. The van der Waals surface area contributed by atoms with Crippen molar-refractivity contribution in [2.45, 2.75) is 101 Å². The molecule has 2 amide bonds. The van der Waals surface area contributed by atoms with E-state index in [1.807, 2.05) is 122 Å². The van der Waals surface area contributed by atoms with E-state index in [-0.39, 0.29) is 42.7 Å². The number of hydrogen-bond donors (Lipinski definition) is 2. The van der Waals surface area contributed by atoms with Crippen molar-refractivity contribution >= 4 is 52.1 Å². The number of amides is 2. The number of carbonyl (C=O) groups is 2. The second kappa shape index (κ2) is 25.9. The molecule has 0 saturated carbocycles. The number of nitro groups is 1. The summed E-state index contributed by atoms with van der Waals surface area (Å²) >= 11 is 0. The van der Waals surface area contributed by atoms with Crippen LogP contribution in [-0.2, 0) is 35.1 Å². The van der Waals surface area contributed by atoms with Gasteiger partial charge in [-0.3, -0.25) is 14.9 Å². The van der Waals surface area contributed by atoms with E-state index in [2.05, 4.69) is 69.5 Å². The fraction of sp³-hybridized carbons (Fsp3) is 0.345. The van der Waals surface area contributed by atoms with Gasteiger partial charge < -0.3 is 24.5 Å². The van der Waals surface area contributed by atoms with Crippen molar-refractivity contribution in [2.24, 2.45) is 5.92 Å². The molecule has 0 aromatic heterocycles. The van der Waals surface area contributed by atoms with Crippen LogP contribution < -0.4 is 21.0 Å². The Labute approximate surface area is 432 Å². The monoisotopic (exact) mass is 1030 g/mol. The number of nitro benzene ring substituents is 1. The van der Waals surface area contributed by atoms with Gasteiger partial charge in [0.05, 0.1) is 29.6 Å². The first kappa shape index (κ1) is 55.8. The number of aryl methyl sites for hydroxylation is 1. The zero-order chi connectivity index (χ0) is 52.6. The van der Waals surface area contributed by atoms with E-state index < -0.39 is 58.3 Å². The lowest BCUT2D eigenvalue weighted by molar-refractivity contribution is -0.384. The molecule has 13 nitrogen and oxygen atoms in total. The van der Waals surface area contributed by atoms with Crippen molar-refractivity contribution in [3.63, 3.8) is 0 Å². The maximum Gasteiger partial charge on any atom is 0.407 e. The third-order valence-corrected chi connectivity index (χ3v) is 20.2. The van der Waals surface area contributed by atoms with E-state index in [4.69, 9.17) is 13.9 Å². The first-order valence-corrected chi connectivity index (χ1v) is 28.3. The number of hydrogen-bond acceptors (Lipinski definition) is 9. The molecular weight excluding hydrogens is 957 g/mol. The second-order valence-corrected chi connectivity index (χ2v) is 25.9. The number of nitrogens with one attached hydrogen (secondary N) is 2. The number of ether oxygens (including phenoxy) is 2. The summed E-state index contributed by atoms with van der Waals surface area (Å²) in [5.41, 5.74) is 2.57. The highest BCUT2D eigenvalue weighted by atomic mass is 32.2. The highest BCUT2D eigenvalue weighted by Gasteiger charge is 2.51. The van der Waals surface area contributed by atoms with Gasteiger partial charge in [-0.05, 0) is 88.8 Å². The van der Waals surface area contributed by atoms with Gasteiger partial charge in [-0.25, -0.2) is 13.2 Å². The van der Waals surface area contributed by atoms with E-state index in [9.17, 15) is 19.7 Å². The predicted octanol–water partition coefficient (Wildman–Crippen LogP) is 10.5. The summed E-state index contributed by atoms with van der Waals surface area (Å²) in [5, 5.41) is 19.3. The number of anilines is 1. The van der Waals surface area contributed by atoms with Crippen LogP contribution in [0.2, 0.25) is 5.04 Å².